The normalized spacial score (nSPS) is 11.2. The van der Waals surface area contributed by atoms with Gasteiger partial charge in [0.15, 0.2) is 0 Å². The molecule has 1 N–H and O–H groups in total. The van der Waals surface area contributed by atoms with Gasteiger partial charge in [0.05, 0.1) is 0 Å². The van der Waals surface area contributed by atoms with Gasteiger partial charge in [-0.3, -0.25) is 11.1 Å². The molecule has 0 fully saturated rings. The molecule has 0 aromatic rings. The van der Waals surface area contributed by atoms with E-state index in [0.717, 1.165) is 0 Å². The van der Waals surface area contributed by atoms with Crippen molar-refractivity contribution in [2.75, 3.05) is 0 Å². The first-order chi connectivity index (χ1) is 3.68. The Kier molecular flexibility index (Phi) is 4.87. The number of hydrogen-bond donors (Lipinski definition) is 1. The monoisotopic (exact) mass is 382 g/mol. The Morgan fingerprint density at radius 2 is 2.22 bits per heavy atom. The quantitative estimate of drug-likeness (QED) is 0.711. The Balaban J connectivity index is 0. The Bertz CT molecular complexity index is 102. The third-order valence-electron chi connectivity index (χ3n) is 0.811. The van der Waals surface area contributed by atoms with Crippen LogP contribution in [0.2, 0.25) is 0 Å². The fraction of sp³-hybridized carbons (Fsp3) is 0.600. The van der Waals surface area contributed by atoms with E-state index < -0.39 is 11.9 Å². The van der Waals surface area contributed by atoms with Crippen molar-refractivity contribution in [3.63, 3.8) is 0 Å². The Morgan fingerprint density at radius 1 is 1.78 bits per heavy atom. The predicted octanol–water partition coefficient (Wildman–Crippen LogP) is 0.207. The first kappa shape index (κ1) is 10.2. The molecule has 4 heteroatoms. The second kappa shape index (κ2) is 4.30. The van der Waals surface area contributed by atoms with E-state index in [1.54, 1.807) is 0 Å². The molecule has 1 unspecified atom stereocenters. The van der Waals surface area contributed by atoms with Gasteiger partial charge in [-0.2, -0.15) is 0 Å². The minimum atomic E-state index is -0.951. The van der Waals surface area contributed by atoms with Crippen molar-refractivity contribution in [3.05, 3.63) is 0 Å². The SMILES string of the molecule is CC(C[C-]=O)C(=O)O.[Rf]. The summed E-state index contributed by atoms with van der Waals surface area (Å²) in [6.07, 6.45) is 1.50. The fourth-order valence-electron chi connectivity index (χ4n) is 0.212. The van der Waals surface area contributed by atoms with Gasteiger partial charge in [0.2, 0.25) is 0 Å². The Labute approximate surface area is 47.3 Å². The Hall–Kier alpha value is -1.86. The standard InChI is InChI=1S/C5H7O3.Rf/c1-4(2-3-6)5(7)8;/h4H,2H2,1H3,(H,7,8);/q-1;. The first-order valence-electron chi connectivity index (χ1n) is 2.26. The molecular formula is C5H7O3Rf-. The maximum absolute atomic E-state index is 9.91. The molecular weight excluding hydrogens is 375 g/mol. The summed E-state index contributed by atoms with van der Waals surface area (Å²) in [5, 5.41) is 8.13. The van der Waals surface area contributed by atoms with Gasteiger partial charge >= 0.3 is 5.97 Å². The number of carboxylic acids is 1. The largest absolute Gasteiger partial charge is 0.542 e. The van der Waals surface area contributed by atoms with Crippen LogP contribution in [0.25, 0.3) is 0 Å². The maximum Gasteiger partial charge on any atom is 0.303 e. The second-order valence-electron chi connectivity index (χ2n) is 1.59. The van der Waals surface area contributed by atoms with Gasteiger partial charge in [0, 0.05) is 5.92 Å². The van der Waals surface area contributed by atoms with Crippen molar-refractivity contribution < 1.29 is 14.7 Å². The molecule has 0 aliphatic carbocycles. The molecule has 0 saturated heterocycles. The van der Waals surface area contributed by atoms with Crippen LogP contribution in [0.3, 0.4) is 0 Å². The summed E-state index contributed by atoms with van der Waals surface area (Å²) in [6.45, 7) is 1.47. The third-order valence-corrected chi connectivity index (χ3v) is 0.811. The molecule has 0 aliphatic heterocycles. The van der Waals surface area contributed by atoms with Crippen molar-refractivity contribution in [3.8, 4) is 0 Å². The summed E-state index contributed by atoms with van der Waals surface area (Å²) < 4.78 is 0. The average Bonchev–Trinajstić information content (AvgIpc) is 1.67. The van der Waals surface area contributed by atoms with Gasteiger partial charge in [-0.25, -0.2) is 0 Å². The van der Waals surface area contributed by atoms with Crippen molar-refractivity contribution in [2.45, 2.75) is 13.3 Å². The van der Waals surface area contributed by atoms with E-state index in [2.05, 4.69) is 0 Å². The summed E-state index contributed by atoms with van der Waals surface area (Å²) in [5.74, 6) is -1.54. The zero-order valence-electron chi connectivity index (χ0n) is 5.26. The van der Waals surface area contributed by atoms with Gasteiger partial charge in [-0.05, 0) is 0 Å². The average molecular weight is 382 g/mol. The van der Waals surface area contributed by atoms with Crippen molar-refractivity contribution >= 4 is 12.3 Å². The number of rotatable bonds is 3. The summed E-state index contributed by atoms with van der Waals surface area (Å²) in [4.78, 5) is 19.4. The summed E-state index contributed by atoms with van der Waals surface area (Å²) in [5.41, 5.74) is 0. The van der Waals surface area contributed by atoms with Gasteiger partial charge in [0.25, 0.3) is 0 Å². The number of carbonyl (C=O) groups is 1. The van der Waals surface area contributed by atoms with E-state index in [4.69, 9.17) is 5.11 Å². The van der Waals surface area contributed by atoms with Crippen molar-refractivity contribution in [1.82, 2.24) is 0 Å². The van der Waals surface area contributed by atoms with Crippen LogP contribution in [0.15, 0.2) is 0 Å². The molecule has 9 heavy (non-hydrogen) atoms. The molecule has 0 aliphatic rings. The number of carboxylic acid groups (broad SMARTS) is 1. The van der Waals surface area contributed by atoms with Gasteiger partial charge < -0.3 is 9.90 Å². The molecule has 0 saturated carbocycles. The minimum absolute atomic E-state index is 0. The van der Waals surface area contributed by atoms with E-state index in [0.29, 0.717) is 0 Å². The topological polar surface area (TPSA) is 54.4 Å². The van der Waals surface area contributed by atoms with E-state index in [-0.39, 0.29) is 6.42 Å². The predicted molar refractivity (Wildman–Crippen MR) is 27.1 cm³/mol. The maximum atomic E-state index is 9.91. The van der Waals surface area contributed by atoms with Crippen LogP contribution in [-0.2, 0) is 9.59 Å². The molecule has 0 heterocycles. The third kappa shape index (κ3) is 3.98. The van der Waals surface area contributed by atoms with Gasteiger partial charge in [-0.1, -0.05) is 6.92 Å². The van der Waals surface area contributed by atoms with Gasteiger partial charge in [0.1, 0.15) is 0 Å². The van der Waals surface area contributed by atoms with E-state index in [1.807, 2.05) is 0 Å². The van der Waals surface area contributed by atoms with Crippen LogP contribution in [0.4, 0.5) is 0 Å². The van der Waals surface area contributed by atoms with Crippen LogP contribution >= 0.6 is 0 Å². The van der Waals surface area contributed by atoms with Gasteiger partial charge in [-0.15, -0.1) is 6.42 Å². The smallest absolute Gasteiger partial charge is 0.303 e. The van der Waals surface area contributed by atoms with E-state index in [1.165, 1.54) is 13.2 Å². The summed E-state index contributed by atoms with van der Waals surface area (Å²) >= 11 is 0. The second-order valence-corrected chi connectivity index (χ2v) is 1.59. The first-order valence-corrected chi connectivity index (χ1v) is 2.26. The van der Waals surface area contributed by atoms with Crippen LogP contribution in [0.5, 0.6) is 0 Å². The number of hydrogen-bond acceptors (Lipinski definition) is 2. The molecule has 0 aromatic carbocycles. The van der Waals surface area contributed by atoms with Crippen molar-refractivity contribution in [2.24, 2.45) is 5.92 Å². The molecule has 0 aromatic heterocycles. The molecule has 0 amide bonds. The molecule has 3 nitrogen and oxygen atoms in total. The van der Waals surface area contributed by atoms with Crippen LogP contribution in [0, 0.1) is 5.92 Å². The van der Waals surface area contributed by atoms with Crippen LogP contribution in [0.1, 0.15) is 13.3 Å². The number of carbonyl (C=O) groups excluding carboxylic acids is 1. The van der Waals surface area contributed by atoms with Crippen molar-refractivity contribution in [1.29, 1.82) is 0 Å². The van der Waals surface area contributed by atoms with Crippen LogP contribution in [-0.4, -0.2) is 17.4 Å². The molecule has 48 valence electrons. The van der Waals surface area contributed by atoms with Crippen LogP contribution < -0.4 is 0 Å². The zero-order chi connectivity index (χ0) is 6.57. The Morgan fingerprint density at radius 3 is 2.33 bits per heavy atom. The summed E-state index contributed by atoms with van der Waals surface area (Å²) in [6, 6.07) is 0. The zero-order valence-corrected chi connectivity index (χ0v) is 11.7. The summed E-state index contributed by atoms with van der Waals surface area (Å²) in [7, 11) is 0. The molecule has 0 radical (unpaired) electrons. The molecule has 0 rings (SSSR count). The van der Waals surface area contributed by atoms with E-state index >= 15 is 0 Å². The molecule has 0 spiro atoms. The molecule has 0 bridgehead atoms. The fourth-order valence-corrected chi connectivity index (χ4v) is 0.212. The van der Waals surface area contributed by atoms with E-state index in [9.17, 15) is 9.59 Å². The molecule has 1 atom stereocenters. The number of aliphatic carboxylic acids is 1. The minimum Gasteiger partial charge on any atom is -0.542 e.